The van der Waals surface area contributed by atoms with Crippen LogP contribution in [-0.4, -0.2) is 35.2 Å². The average Bonchev–Trinajstić information content (AvgIpc) is 3.23. The second-order valence-corrected chi connectivity index (χ2v) is 10.7. The highest BCUT2D eigenvalue weighted by Crippen LogP contribution is 2.39. The Balaban J connectivity index is 1.38. The molecule has 1 aliphatic carbocycles. The Hall–Kier alpha value is -2.33. The molecule has 0 radical (unpaired) electrons. The van der Waals surface area contributed by atoms with Crippen LogP contribution in [0.15, 0.2) is 48.5 Å². The molecule has 4 heteroatoms. The standard InChI is InChI=1S/C28H37NO3/c1-28(2,3)24-10-12-25(13-11-24)32-26-9-5-8-22(17-26)21-7-4-6-20(16-21)18-29-15-14-23(19-29)27(30)31/h4-9,16-17,23-25H,10-15,18-19H2,1-3H3,(H,30,31)/t23-,24-,25-/m1/s1. The first kappa shape index (κ1) is 22.8. The Bertz CT molecular complexity index is 924. The normalized spacial score (nSPS) is 24.4. The molecule has 1 saturated heterocycles. The molecule has 0 aromatic heterocycles. The average molecular weight is 436 g/mol. The summed E-state index contributed by atoms with van der Waals surface area (Å²) in [5.41, 5.74) is 3.95. The third kappa shape index (κ3) is 5.72. The van der Waals surface area contributed by atoms with Gasteiger partial charge >= 0.3 is 5.97 Å². The number of hydrogen-bond donors (Lipinski definition) is 1. The van der Waals surface area contributed by atoms with Crippen LogP contribution in [-0.2, 0) is 11.3 Å². The van der Waals surface area contributed by atoms with Gasteiger partial charge < -0.3 is 9.84 Å². The first-order valence-corrected chi connectivity index (χ1v) is 12.1. The van der Waals surface area contributed by atoms with Gasteiger partial charge in [0.05, 0.1) is 12.0 Å². The van der Waals surface area contributed by atoms with Crippen LogP contribution in [0, 0.1) is 17.3 Å². The molecule has 1 aliphatic heterocycles. The molecule has 172 valence electrons. The van der Waals surface area contributed by atoms with Crippen molar-refractivity contribution >= 4 is 5.97 Å². The lowest BCUT2D eigenvalue weighted by atomic mass is 9.72. The van der Waals surface area contributed by atoms with Gasteiger partial charge in [-0.1, -0.05) is 51.1 Å². The van der Waals surface area contributed by atoms with Crippen molar-refractivity contribution in [3.05, 3.63) is 54.1 Å². The first-order chi connectivity index (χ1) is 15.3. The molecule has 4 rings (SSSR count). The summed E-state index contributed by atoms with van der Waals surface area (Å²) in [6, 6.07) is 17.0. The highest BCUT2D eigenvalue weighted by atomic mass is 16.5. The van der Waals surface area contributed by atoms with Crippen molar-refractivity contribution in [1.82, 2.24) is 4.90 Å². The van der Waals surface area contributed by atoms with Crippen LogP contribution < -0.4 is 4.74 Å². The molecule has 1 atom stereocenters. The number of likely N-dealkylation sites (tertiary alicyclic amines) is 1. The summed E-state index contributed by atoms with van der Waals surface area (Å²) in [6.45, 7) is 9.34. The zero-order valence-corrected chi connectivity index (χ0v) is 19.7. The Morgan fingerprint density at radius 3 is 2.34 bits per heavy atom. The van der Waals surface area contributed by atoms with Gasteiger partial charge in [-0.2, -0.15) is 0 Å². The minimum Gasteiger partial charge on any atom is -0.490 e. The van der Waals surface area contributed by atoms with Crippen LogP contribution in [0.2, 0.25) is 0 Å². The Morgan fingerprint density at radius 1 is 1.00 bits per heavy atom. The smallest absolute Gasteiger partial charge is 0.307 e. The van der Waals surface area contributed by atoms with E-state index in [1.54, 1.807) is 0 Å². The van der Waals surface area contributed by atoms with Crippen LogP contribution in [0.25, 0.3) is 11.1 Å². The number of benzene rings is 2. The molecule has 0 spiro atoms. The van der Waals surface area contributed by atoms with Crippen molar-refractivity contribution in [3.8, 4) is 16.9 Å². The number of hydrogen-bond acceptors (Lipinski definition) is 3. The lowest BCUT2D eigenvalue weighted by Crippen LogP contribution is -2.30. The number of carboxylic acids is 1. The van der Waals surface area contributed by atoms with Gasteiger partial charge in [0.15, 0.2) is 0 Å². The number of carbonyl (C=O) groups is 1. The van der Waals surface area contributed by atoms with Crippen LogP contribution in [0.1, 0.15) is 58.4 Å². The van der Waals surface area contributed by atoms with E-state index in [0.717, 1.165) is 49.6 Å². The van der Waals surface area contributed by atoms with Gasteiger partial charge in [-0.15, -0.1) is 0 Å². The van der Waals surface area contributed by atoms with Gasteiger partial charge in [0.1, 0.15) is 5.75 Å². The maximum atomic E-state index is 11.2. The van der Waals surface area contributed by atoms with E-state index in [2.05, 4.69) is 74.2 Å². The van der Waals surface area contributed by atoms with E-state index < -0.39 is 5.97 Å². The minimum atomic E-state index is -0.676. The molecule has 4 nitrogen and oxygen atoms in total. The Labute approximate surface area is 192 Å². The Morgan fingerprint density at radius 2 is 1.69 bits per heavy atom. The fourth-order valence-electron chi connectivity index (χ4n) is 5.27. The summed E-state index contributed by atoms with van der Waals surface area (Å²) in [5.74, 6) is 0.837. The molecule has 2 aromatic rings. The third-order valence-electron chi connectivity index (χ3n) is 7.32. The zero-order valence-electron chi connectivity index (χ0n) is 19.7. The van der Waals surface area contributed by atoms with Gasteiger partial charge in [-0.25, -0.2) is 0 Å². The van der Waals surface area contributed by atoms with Crippen molar-refractivity contribution in [2.45, 2.75) is 65.5 Å². The summed E-state index contributed by atoms with van der Waals surface area (Å²) in [7, 11) is 0. The maximum Gasteiger partial charge on any atom is 0.307 e. The molecule has 1 heterocycles. The first-order valence-electron chi connectivity index (χ1n) is 12.1. The van der Waals surface area contributed by atoms with Crippen LogP contribution in [0.5, 0.6) is 5.75 Å². The van der Waals surface area contributed by atoms with E-state index >= 15 is 0 Å². The highest BCUT2D eigenvalue weighted by Gasteiger charge is 2.30. The molecule has 2 aliphatic rings. The van der Waals surface area contributed by atoms with Gasteiger partial charge in [-0.05, 0) is 84.9 Å². The monoisotopic (exact) mass is 435 g/mol. The lowest BCUT2D eigenvalue weighted by molar-refractivity contribution is -0.141. The lowest BCUT2D eigenvalue weighted by Gasteiger charge is -2.37. The summed E-state index contributed by atoms with van der Waals surface area (Å²) in [4.78, 5) is 13.5. The van der Waals surface area contributed by atoms with Gasteiger partial charge in [0, 0.05) is 13.1 Å². The van der Waals surface area contributed by atoms with Crippen molar-refractivity contribution in [1.29, 1.82) is 0 Å². The molecule has 1 N–H and O–H groups in total. The largest absolute Gasteiger partial charge is 0.490 e. The minimum absolute atomic E-state index is 0.231. The molecule has 2 aromatic carbocycles. The maximum absolute atomic E-state index is 11.2. The van der Waals surface area contributed by atoms with Crippen molar-refractivity contribution in [2.75, 3.05) is 13.1 Å². The number of carboxylic acid groups (broad SMARTS) is 1. The molecule has 2 fully saturated rings. The third-order valence-corrected chi connectivity index (χ3v) is 7.32. The second-order valence-electron chi connectivity index (χ2n) is 10.7. The van der Waals surface area contributed by atoms with E-state index in [1.165, 1.54) is 24.0 Å². The van der Waals surface area contributed by atoms with E-state index in [9.17, 15) is 9.90 Å². The SMILES string of the molecule is CC(C)(C)[C@H]1CC[C@H](Oc2cccc(-c3cccc(CN4CC[C@@H](C(=O)O)C4)c3)c2)CC1. The highest BCUT2D eigenvalue weighted by molar-refractivity contribution is 5.70. The number of nitrogens with zero attached hydrogens (tertiary/aromatic N) is 1. The molecular weight excluding hydrogens is 398 g/mol. The number of rotatable bonds is 6. The van der Waals surface area contributed by atoms with Gasteiger partial charge in [-0.3, -0.25) is 9.69 Å². The number of ether oxygens (including phenoxy) is 1. The summed E-state index contributed by atoms with van der Waals surface area (Å²) in [5, 5.41) is 9.24. The number of aliphatic carboxylic acids is 1. The predicted octanol–water partition coefficient (Wildman–Crippen LogP) is 6.24. The molecule has 1 saturated carbocycles. The van der Waals surface area contributed by atoms with Crippen LogP contribution >= 0.6 is 0 Å². The summed E-state index contributed by atoms with van der Waals surface area (Å²) in [6.07, 6.45) is 5.81. The fourth-order valence-corrected chi connectivity index (χ4v) is 5.27. The topological polar surface area (TPSA) is 49.8 Å². The van der Waals surface area contributed by atoms with E-state index in [4.69, 9.17) is 4.74 Å². The predicted molar refractivity (Wildman–Crippen MR) is 129 cm³/mol. The van der Waals surface area contributed by atoms with Crippen molar-refractivity contribution in [2.24, 2.45) is 17.3 Å². The summed E-state index contributed by atoms with van der Waals surface area (Å²) >= 11 is 0. The van der Waals surface area contributed by atoms with Crippen LogP contribution in [0.4, 0.5) is 0 Å². The summed E-state index contributed by atoms with van der Waals surface area (Å²) < 4.78 is 6.39. The van der Waals surface area contributed by atoms with Crippen molar-refractivity contribution < 1.29 is 14.6 Å². The molecule has 32 heavy (non-hydrogen) atoms. The van der Waals surface area contributed by atoms with E-state index in [1.807, 2.05) is 0 Å². The van der Waals surface area contributed by atoms with E-state index in [-0.39, 0.29) is 5.92 Å². The molecule has 0 amide bonds. The quantitative estimate of drug-likeness (QED) is 0.583. The van der Waals surface area contributed by atoms with Crippen molar-refractivity contribution in [3.63, 3.8) is 0 Å². The van der Waals surface area contributed by atoms with E-state index in [0.29, 0.717) is 18.1 Å². The molecular formula is C28H37NO3. The van der Waals surface area contributed by atoms with Gasteiger partial charge in [0.2, 0.25) is 0 Å². The fraction of sp³-hybridized carbons (Fsp3) is 0.536. The van der Waals surface area contributed by atoms with Gasteiger partial charge in [0.25, 0.3) is 0 Å². The molecule has 0 bridgehead atoms. The molecule has 0 unspecified atom stereocenters. The zero-order chi connectivity index (χ0) is 22.7. The second kappa shape index (κ2) is 9.66. The Kier molecular flexibility index (Phi) is 6.90. The van der Waals surface area contributed by atoms with Crippen LogP contribution in [0.3, 0.4) is 0 Å².